The molecule has 0 radical (unpaired) electrons. The molecule has 0 spiro atoms. The predicted octanol–water partition coefficient (Wildman–Crippen LogP) is 3.32. The van der Waals surface area contributed by atoms with Gasteiger partial charge < -0.3 is 4.42 Å². The summed E-state index contributed by atoms with van der Waals surface area (Å²) in [5.74, 6) is 1.08. The van der Waals surface area contributed by atoms with Crippen LogP contribution in [0, 0.1) is 6.92 Å². The molecule has 6 nitrogen and oxygen atoms in total. The molecule has 0 aliphatic rings. The van der Waals surface area contributed by atoms with Crippen molar-refractivity contribution < 1.29 is 12.8 Å². The first-order valence-corrected chi connectivity index (χ1v) is 10.1. The van der Waals surface area contributed by atoms with Gasteiger partial charge in [0, 0.05) is 26.5 Å². The minimum absolute atomic E-state index is 0.0460. The maximum atomic E-state index is 12.1. The molecule has 0 aliphatic carbocycles. The van der Waals surface area contributed by atoms with Crippen LogP contribution in [0.2, 0.25) is 0 Å². The van der Waals surface area contributed by atoms with Crippen molar-refractivity contribution in [3.63, 3.8) is 0 Å². The third kappa shape index (κ3) is 3.65. The number of sulfonamides is 1. The number of hydrogen-bond donors (Lipinski definition) is 0. The van der Waals surface area contributed by atoms with Crippen LogP contribution in [-0.4, -0.2) is 36.4 Å². The van der Waals surface area contributed by atoms with Crippen LogP contribution < -0.4 is 0 Å². The highest BCUT2D eigenvalue weighted by Crippen LogP contribution is 2.27. The summed E-state index contributed by atoms with van der Waals surface area (Å²) in [6.45, 7) is 2.05. The number of furan rings is 1. The summed E-state index contributed by atoms with van der Waals surface area (Å²) in [5.41, 5.74) is 2.22. The van der Waals surface area contributed by atoms with Crippen molar-refractivity contribution in [3.05, 3.63) is 60.1 Å². The van der Waals surface area contributed by atoms with Crippen molar-refractivity contribution in [2.75, 3.05) is 14.1 Å². The van der Waals surface area contributed by atoms with E-state index in [-0.39, 0.29) is 5.09 Å². The molecule has 0 aliphatic heterocycles. The fraction of sp³-hybridized carbons (Fsp3) is 0.235. The summed E-state index contributed by atoms with van der Waals surface area (Å²) in [5, 5.41) is 0.776. The Labute approximate surface area is 151 Å². The fourth-order valence-electron chi connectivity index (χ4n) is 2.30. The highest BCUT2D eigenvalue weighted by atomic mass is 32.2. The Morgan fingerprint density at radius 1 is 1.20 bits per heavy atom. The van der Waals surface area contributed by atoms with Crippen molar-refractivity contribution in [2.24, 2.45) is 0 Å². The van der Waals surface area contributed by atoms with E-state index in [1.807, 2.05) is 29.0 Å². The molecular weight excluding hydrogens is 358 g/mol. The average Bonchev–Trinajstić information content (AvgIpc) is 3.22. The lowest BCUT2D eigenvalue weighted by molar-refractivity contribution is 0.408. The van der Waals surface area contributed by atoms with Gasteiger partial charge in [0.05, 0.1) is 11.4 Å². The summed E-state index contributed by atoms with van der Waals surface area (Å²) >= 11 is 1.49. The average molecular weight is 377 g/mol. The SMILES string of the molecule is Cc1ccccc1-n1ccnc1SCc1ccc(S(=O)(=O)N(C)C)o1. The molecule has 25 heavy (non-hydrogen) atoms. The highest BCUT2D eigenvalue weighted by molar-refractivity contribution is 7.98. The van der Waals surface area contributed by atoms with Gasteiger partial charge in [0.15, 0.2) is 5.16 Å². The van der Waals surface area contributed by atoms with E-state index >= 15 is 0 Å². The van der Waals surface area contributed by atoms with Crippen LogP contribution in [0.1, 0.15) is 11.3 Å². The second-order valence-electron chi connectivity index (χ2n) is 5.66. The molecule has 2 aromatic heterocycles. The highest BCUT2D eigenvalue weighted by Gasteiger charge is 2.21. The molecule has 0 saturated heterocycles. The third-order valence-corrected chi connectivity index (χ3v) is 6.38. The van der Waals surface area contributed by atoms with Crippen LogP contribution in [0.4, 0.5) is 0 Å². The number of para-hydroxylation sites is 1. The Hall–Kier alpha value is -2.03. The topological polar surface area (TPSA) is 68.3 Å². The zero-order chi connectivity index (χ0) is 18.0. The molecule has 8 heteroatoms. The van der Waals surface area contributed by atoms with Gasteiger partial charge in [-0.05, 0) is 30.7 Å². The van der Waals surface area contributed by atoms with Gasteiger partial charge in [0.25, 0.3) is 10.0 Å². The van der Waals surface area contributed by atoms with Gasteiger partial charge in [0.2, 0.25) is 5.09 Å². The molecule has 0 unspecified atom stereocenters. The third-order valence-electron chi connectivity index (χ3n) is 3.70. The molecule has 0 bridgehead atoms. The summed E-state index contributed by atoms with van der Waals surface area (Å²) in [7, 11) is -0.593. The minimum Gasteiger partial charge on any atom is -0.447 e. The Morgan fingerprint density at radius 2 is 1.96 bits per heavy atom. The summed E-state index contributed by atoms with van der Waals surface area (Å²) in [6, 6.07) is 11.2. The van der Waals surface area contributed by atoms with Gasteiger partial charge in [-0.3, -0.25) is 4.57 Å². The number of benzene rings is 1. The zero-order valence-corrected chi connectivity index (χ0v) is 15.8. The first-order chi connectivity index (χ1) is 11.9. The van der Waals surface area contributed by atoms with E-state index in [1.54, 1.807) is 12.3 Å². The van der Waals surface area contributed by atoms with Crippen LogP contribution in [0.3, 0.4) is 0 Å². The van der Waals surface area contributed by atoms with Crippen LogP contribution in [0.5, 0.6) is 0 Å². The van der Waals surface area contributed by atoms with Crippen molar-refractivity contribution in [1.82, 2.24) is 13.9 Å². The van der Waals surface area contributed by atoms with Gasteiger partial charge in [0.1, 0.15) is 5.76 Å². The molecule has 0 N–H and O–H groups in total. The van der Waals surface area contributed by atoms with Gasteiger partial charge in [-0.15, -0.1) is 0 Å². The maximum Gasteiger partial charge on any atom is 0.275 e. The van der Waals surface area contributed by atoms with E-state index in [9.17, 15) is 8.42 Å². The number of thioether (sulfide) groups is 1. The largest absolute Gasteiger partial charge is 0.447 e. The quantitative estimate of drug-likeness (QED) is 0.617. The smallest absolute Gasteiger partial charge is 0.275 e. The monoisotopic (exact) mass is 377 g/mol. The molecule has 2 heterocycles. The lowest BCUT2D eigenvalue weighted by atomic mass is 10.2. The zero-order valence-electron chi connectivity index (χ0n) is 14.2. The molecular formula is C17H19N3O3S2. The van der Waals surface area contributed by atoms with Crippen LogP contribution in [0.25, 0.3) is 5.69 Å². The summed E-state index contributed by atoms with van der Waals surface area (Å²) in [6.07, 6.45) is 3.66. The van der Waals surface area contributed by atoms with E-state index in [1.165, 1.54) is 31.9 Å². The van der Waals surface area contributed by atoms with Gasteiger partial charge in [-0.25, -0.2) is 17.7 Å². The Balaban J connectivity index is 1.77. The molecule has 132 valence electrons. The molecule has 0 fully saturated rings. The normalized spacial score (nSPS) is 12.0. The maximum absolute atomic E-state index is 12.1. The van der Waals surface area contributed by atoms with E-state index in [2.05, 4.69) is 18.0 Å². The lowest BCUT2D eigenvalue weighted by Gasteiger charge is -2.10. The Kier molecular flexibility index (Phi) is 5.03. The molecule has 0 atom stereocenters. The number of aromatic nitrogens is 2. The number of aryl methyl sites for hydroxylation is 1. The molecule has 0 amide bonds. The predicted molar refractivity (Wildman–Crippen MR) is 97.4 cm³/mol. The molecule has 3 aromatic rings. The van der Waals surface area contributed by atoms with Crippen LogP contribution >= 0.6 is 11.8 Å². The first kappa shape index (κ1) is 17.8. The number of nitrogens with zero attached hydrogens (tertiary/aromatic N) is 3. The number of rotatable bonds is 6. The second kappa shape index (κ2) is 7.07. The summed E-state index contributed by atoms with van der Waals surface area (Å²) in [4.78, 5) is 4.39. The van der Waals surface area contributed by atoms with E-state index < -0.39 is 10.0 Å². The summed E-state index contributed by atoms with van der Waals surface area (Å²) < 4.78 is 32.8. The standard InChI is InChI=1S/C17H19N3O3S2/c1-13-6-4-5-7-15(13)20-11-10-18-17(20)24-12-14-8-9-16(23-14)25(21,22)19(2)3/h4-11H,12H2,1-3H3. The van der Waals surface area contributed by atoms with Crippen molar-refractivity contribution in [2.45, 2.75) is 22.9 Å². The second-order valence-corrected chi connectivity index (χ2v) is 8.69. The van der Waals surface area contributed by atoms with Crippen LogP contribution in [-0.2, 0) is 15.8 Å². The lowest BCUT2D eigenvalue weighted by Crippen LogP contribution is -2.21. The molecule has 0 saturated carbocycles. The van der Waals surface area contributed by atoms with E-state index in [0.717, 1.165) is 20.7 Å². The van der Waals surface area contributed by atoms with Crippen molar-refractivity contribution in [3.8, 4) is 5.69 Å². The van der Waals surface area contributed by atoms with E-state index in [4.69, 9.17) is 4.42 Å². The Bertz CT molecular complexity index is 974. The van der Waals surface area contributed by atoms with Gasteiger partial charge in [-0.2, -0.15) is 0 Å². The molecule has 3 rings (SSSR count). The number of imidazole rings is 1. The Morgan fingerprint density at radius 3 is 2.68 bits per heavy atom. The van der Waals surface area contributed by atoms with E-state index in [0.29, 0.717) is 11.5 Å². The van der Waals surface area contributed by atoms with Crippen LogP contribution in [0.15, 0.2) is 63.5 Å². The first-order valence-electron chi connectivity index (χ1n) is 7.63. The molecule has 1 aromatic carbocycles. The van der Waals surface area contributed by atoms with Crippen molar-refractivity contribution in [1.29, 1.82) is 0 Å². The van der Waals surface area contributed by atoms with Gasteiger partial charge in [-0.1, -0.05) is 30.0 Å². The van der Waals surface area contributed by atoms with Crippen molar-refractivity contribution >= 4 is 21.8 Å². The number of hydrogen-bond acceptors (Lipinski definition) is 5. The minimum atomic E-state index is -3.55. The fourth-order valence-corrected chi connectivity index (χ4v) is 3.98. The van der Waals surface area contributed by atoms with Gasteiger partial charge >= 0.3 is 0 Å².